The van der Waals surface area contributed by atoms with Gasteiger partial charge in [-0.15, -0.1) is 0 Å². The first-order valence-corrected chi connectivity index (χ1v) is 7.32. The van der Waals surface area contributed by atoms with Gasteiger partial charge in [0.15, 0.2) is 0 Å². The Hall–Kier alpha value is -1.07. The lowest BCUT2D eigenvalue weighted by molar-refractivity contribution is 0.305. The average Bonchev–Trinajstić information content (AvgIpc) is 2.28. The number of rotatable bonds is 8. The summed E-state index contributed by atoms with van der Waals surface area (Å²) in [7, 11) is -3.79. The fourth-order valence-corrected chi connectivity index (χ4v) is 2.02. The van der Waals surface area contributed by atoms with Crippen LogP contribution in [0.15, 0.2) is 30.3 Å². The maximum Gasteiger partial charge on any atom is 0.264 e. The molecule has 0 fully saturated rings. The number of hydrogen-bond donors (Lipinski definition) is 1. The van der Waals surface area contributed by atoms with E-state index in [0.29, 0.717) is 13.0 Å². The first kappa shape index (κ1) is 14.0. The van der Waals surface area contributed by atoms with Crippen molar-refractivity contribution in [2.75, 3.05) is 12.4 Å². The van der Waals surface area contributed by atoms with E-state index in [1.807, 2.05) is 30.3 Å². The van der Waals surface area contributed by atoms with Gasteiger partial charge in [0, 0.05) is 0 Å². The molecule has 0 saturated carbocycles. The van der Waals surface area contributed by atoms with E-state index in [-0.39, 0.29) is 5.75 Å². The van der Waals surface area contributed by atoms with E-state index < -0.39 is 10.1 Å². The van der Waals surface area contributed by atoms with Crippen molar-refractivity contribution in [2.24, 2.45) is 0 Å². The van der Waals surface area contributed by atoms with Crippen molar-refractivity contribution in [2.45, 2.75) is 25.7 Å². The van der Waals surface area contributed by atoms with Crippen molar-refractivity contribution < 1.29 is 17.7 Å². The van der Waals surface area contributed by atoms with Crippen molar-refractivity contribution in [3.8, 4) is 5.75 Å². The highest BCUT2D eigenvalue weighted by atomic mass is 32.2. The Morgan fingerprint density at radius 2 is 1.65 bits per heavy atom. The van der Waals surface area contributed by atoms with Crippen LogP contribution in [-0.4, -0.2) is 25.3 Å². The molecule has 0 bridgehead atoms. The maximum absolute atomic E-state index is 10.4. The van der Waals surface area contributed by atoms with Gasteiger partial charge in [0.1, 0.15) is 5.75 Å². The largest absolute Gasteiger partial charge is 0.494 e. The number of benzene rings is 1. The van der Waals surface area contributed by atoms with Gasteiger partial charge in [0.05, 0.1) is 12.4 Å². The van der Waals surface area contributed by atoms with Crippen LogP contribution in [0.25, 0.3) is 0 Å². The second-order valence-electron chi connectivity index (χ2n) is 3.86. The molecule has 4 nitrogen and oxygen atoms in total. The molecule has 0 saturated heterocycles. The van der Waals surface area contributed by atoms with E-state index in [1.54, 1.807) is 0 Å². The van der Waals surface area contributed by atoms with Gasteiger partial charge in [0.2, 0.25) is 0 Å². The summed E-state index contributed by atoms with van der Waals surface area (Å²) in [6, 6.07) is 9.57. The molecule has 96 valence electrons. The fraction of sp³-hybridized carbons (Fsp3) is 0.500. The highest BCUT2D eigenvalue weighted by molar-refractivity contribution is 7.85. The van der Waals surface area contributed by atoms with Crippen molar-refractivity contribution in [3.63, 3.8) is 0 Å². The molecule has 0 aromatic heterocycles. The van der Waals surface area contributed by atoms with Crippen LogP contribution in [0.2, 0.25) is 0 Å². The summed E-state index contributed by atoms with van der Waals surface area (Å²) in [6.45, 7) is 0.635. The van der Waals surface area contributed by atoms with E-state index in [4.69, 9.17) is 9.29 Å². The van der Waals surface area contributed by atoms with Crippen LogP contribution < -0.4 is 4.74 Å². The molecule has 1 aromatic carbocycles. The minimum atomic E-state index is -3.79. The minimum Gasteiger partial charge on any atom is -0.494 e. The third kappa shape index (κ3) is 7.76. The monoisotopic (exact) mass is 258 g/mol. The van der Waals surface area contributed by atoms with Crippen LogP contribution in [0.3, 0.4) is 0 Å². The average molecular weight is 258 g/mol. The molecule has 17 heavy (non-hydrogen) atoms. The Kier molecular flexibility index (Phi) is 6.00. The Morgan fingerprint density at radius 1 is 1.00 bits per heavy atom. The summed E-state index contributed by atoms with van der Waals surface area (Å²) in [6.07, 6.45) is 3.09. The summed E-state index contributed by atoms with van der Waals surface area (Å²) < 4.78 is 34.9. The molecular weight excluding hydrogens is 240 g/mol. The van der Waals surface area contributed by atoms with Gasteiger partial charge < -0.3 is 4.74 Å². The molecule has 1 rings (SSSR count). The number of hydrogen-bond acceptors (Lipinski definition) is 3. The van der Waals surface area contributed by atoms with Crippen LogP contribution in [0.1, 0.15) is 25.7 Å². The van der Waals surface area contributed by atoms with Gasteiger partial charge >= 0.3 is 0 Å². The third-order valence-corrected chi connectivity index (χ3v) is 3.11. The van der Waals surface area contributed by atoms with Crippen LogP contribution in [0.5, 0.6) is 5.75 Å². The van der Waals surface area contributed by atoms with Crippen molar-refractivity contribution in [1.82, 2.24) is 0 Å². The molecular formula is C12H18O4S. The molecule has 1 aromatic rings. The SMILES string of the molecule is O=S(=O)(O)CCCCCCOc1ccccc1. The van der Waals surface area contributed by atoms with Gasteiger partial charge in [-0.2, -0.15) is 8.42 Å². The second-order valence-corrected chi connectivity index (χ2v) is 5.43. The third-order valence-electron chi connectivity index (χ3n) is 2.31. The Morgan fingerprint density at radius 3 is 2.29 bits per heavy atom. The van der Waals surface area contributed by atoms with Crippen LogP contribution in [0, 0.1) is 0 Å². The Labute approximate surface area is 102 Å². The van der Waals surface area contributed by atoms with E-state index in [0.717, 1.165) is 25.0 Å². The predicted octanol–water partition coefficient (Wildman–Crippen LogP) is 2.51. The molecule has 0 radical (unpaired) electrons. The molecule has 0 spiro atoms. The van der Waals surface area contributed by atoms with Gasteiger partial charge in [0.25, 0.3) is 10.1 Å². The van der Waals surface area contributed by atoms with Gasteiger partial charge in [-0.1, -0.05) is 31.0 Å². The predicted molar refractivity (Wildman–Crippen MR) is 66.8 cm³/mol. The van der Waals surface area contributed by atoms with Crippen molar-refractivity contribution in [1.29, 1.82) is 0 Å². The summed E-state index contributed by atoms with van der Waals surface area (Å²) in [5.74, 6) is 0.706. The van der Waals surface area contributed by atoms with Crippen LogP contribution in [-0.2, 0) is 10.1 Å². The zero-order valence-electron chi connectivity index (χ0n) is 9.71. The van der Waals surface area contributed by atoms with E-state index >= 15 is 0 Å². The number of ether oxygens (including phenoxy) is 1. The quantitative estimate of drug-likeness (QED) is 0.575. The first-order valence-electron chi connectivity index (χ1n) is 5.71. The molecule has 5 heteroatoms. The van der Waals surface area contributed by atoms with E-state index in [1.165, 1.54) is 0 Å². The lowest BCUT2D eigenvalue weighted by Gasteiger charge is -2.05. The Balaban J connectivity index is 1.99. The standard InChI is InChI=1S/C12H18O4S/c13-17(14,15)11-7-2-1-6-10-16-12-8-4-3-5-9-12/h3-5,8-9H,1-2,6-7,10-11H2,(H,13,14,15). The molecule has 0 heterocycles. The van der Waals surface area contributed by atoms with Crippen molar-refractivity contribution >= 4 is 10.1 Å². The first-order chi connectivity index (χ1) is 8.08. The van der Waals surface area contributed by atoms with Crippen LogP contribution >= 0.6 is 0 Å². The van der Waals surface area contributed by atoms with Gasteiger partial charge in [-0.3, -0.25) is 4.55 Å². The second kappa shape index (κ2) is 7.29. The van der Waals surface area contributed by atoms with E-state index in [9.17, 15) is 8.42 Å². The molecule has 0 aliphatic heterocycles. The smallest absolute Gasteiger partial charge is 0.264 e. The molecule has 0 aliphatic rings. The Bertz CT molecular complexity index is 400. The summed E-state index contributed by atoms with van der Waals surface area (Å²) in [5, 5.41) is 0. The summed E-state index contributed by atoms with van der Waals surface area (Å²) in [5.41, 5.74) is 0. The normalized spacial score (nSPS) is 11.4. The lowest BCUT2D eigenvalue weighted by Crippen LogP contribution is -2.03. The zero-order valence-corrected chi connectivity index (χ0v) is 10.5. The molecule has 0 aliphatic carbocycles. The molecule has 0 amide bonds. The number of unbranched alkanes of at least 4 members (excludes halogenated alkanes) is 3. The van der Waals surface area contributed by atoms with Gasteiger partial charge in [-0.05, 0) is 25.0 Å². The van der Waals surface area contributed by atoms with E-state index in [2.05, 4.69) is 0 Å². The number of para-hydroxylation sites is 1. The van der Waals surface area contributed by atoms with Gasteiger partial charge in [-0.25, -0.2) is 0 Å². The molecule has 0 atom stereocenters. The lowest BCUT2D eigenvalue weighted by atomic mass is 10.2. The van der Waals surface area contributed by atoms with Crippen molar-refractivity contribution in [3.05, 3.63) is 30.3 Å². The fourth-order valence-electron chi connectivity index (χ4n) is 1.45. The maximum atomic E-state index is 10.4. The topological polar surface area (TPSA) is 63.6 Å². The highest BCUT2D eigenvalue weighted by Gasteiger charge is 2.02. The zero-order chi connectivity index (χ0) is 12.6. The molecule has 1 N–H and O–H groups in total. The highest BCUT2D eigenvalue weighted by Crippen LogP contribution is 2.09. The summed E-state index contributed by atoms with van der Waals surface area (Å²) in [4.78, 5) is 0. The summed E-state index contributed by atoms with van der Waals surface area (Å²) >= 11 is 0. The van der Waals surface area contributed by atoms with Crippen LogP contribution in [0.4, 0.5) is 0 Å². The minimum absolute atomic E-state index is 0.146. The molecule has 0 unspecified atom stereocenters.